The molecule has 8 nitrogen and oxygen atoms in total. The Balaban J connectivity index is 1.49. The van der Waals surface area contributed by atoms with Gasteiger partial charge in [-0.1, -0.05) is 0 Å². The first-order valence-corrected chi connectivity index (χ1v) is 14.7. The third-order valence-corrected chi connectivity index (χ3v) is 8.06. The number of methoxy groups -OCH3 is 1. The smallest absolute Gasteiger partial charge is 0.410 e. The predicted molar refractivity (Wildman–Crippen MR) is 144 cm³/mol. The summed E-state index contributed by atoms with van der Waals surface area (Å²) >= 11 is 2.29. The molecule has 5 rings (SSSR count). The highest BCUT2D eigenvalue weighted by Gasteiger charge is 2.44. The van der Waals surface area contributed by atoms with Gasteiger partial charge >= 0.3 is 6.09 Å². The number of hydrogen-bond donors (Lipinski definition) is 0. The Labute approximate surface area is 215 Å². The Morgan fingerprint density at radius 2 is 1.82 bits per heavy atom. The van der Waals surface area contributed by atoms with Crippen molar-refractivity contribution in [1.29, 1.82) is 0 Å². The van der Waals surface area contributed by atoms with Gasteiger partial charge in [-0.3, -0.25) is 8.87 Å². The summed E-state index contributed by atoms with van der Waals surface area (Å²) in [4.78, 5) is 26.2. The minimum atomic E-state index is -0.489. The Kier molecular flexibility index (Phi) is 6.30. The number of carbonyl (C=O) groups excluding carboxylic acids is 1. The summed E-state index contributed by atoms with van der Waals surface area (Å²) in [5, 5.41) is 1.10. The monoisotopic (exact) mass is 593 g/mol. The standard InChI is InChI=1S/C24H28IN5O3S/c1-24(2,3)33-23(31)29-16-5-6-17(29)14-28(13-16)19-8-10-27-22-18(19)12-20(30(22)34-25)15-7-9-26-21(11-15)32-4/h7-12,16-17H,5-6,13-14H2,1-4H3/t16-,17?/m1/s1. The summed E-state index contributed by atoms with van der Waals surface area (Å²) in [7, 11) is 3.22. The largest absolute Gasteiger partial charge is 0.481 e. The van der Waals surface area contributed by atoms with Gasteiger partial charge in [-0.15, -0.1) is 0 Å². The Morgan fingerprint density at radius 1 is 1.12 bits per heavy atom. The predicted octanol–water partition coefficient (Wildman–Crippen LogP) is 5.54. The fourth-order valence-electron chi connectivity index (χ4n) is 5.00. The van der Waals surface area contributed by atoms with E-state index in [1.165, 1.54) is 0 Å². The van der Waals surface area contributed by atoms with E-state index in [9.17, 15) is 4.79 Å². The van der Waals surface area contributed by atoms with Crippen molar-refractivity contribution in [2.45, 2.75) is 51.3 Å². The van der Waals surface area contributed by atoms with Crippen LogP contribution in [0.4, 0.5) is 10.5 Å². The first kappa shape index (κ1) is 23.5. The van der Waals surface area contributed by atoms with Crippen LogP contribution in [0.3, 0.4) is 0 Å². The van der Waals surface area contributed by atoms with Gasteiger partial charge in [0.2, 0.25) is 5.88 Å². The van der Waals surface area contributed by atoms with Crippen LogP contribution in [0.2, 0.25) is 0 Å². The van der Waals surface area contributed by atoms with E-state index in [1.807, 2.05) is 44.0 Å². The number of rotatable bonds is 4. The SMILES string of the molecule is COc1cc(-c2cc3c(N4CC5CC[C@H](C4)N5C(=O)OC(C)(C)C)ccnc3n2SI)ccn1. The molecule has 5 heterocycles. The van der Waals surface area contributed by atoms with E-state index in [0.29, 0.717) is 5.88 Å². The number of carbonyl (C=O) groups is 1. The fraction of sp³-hybridized carbons (Fsp3) is 0.458. The number of aromatic nitrogens is 3. The quantitative estimate of drug-likeness (QED) is 0.368. The molecule has 1 unspecified atom stereocenters. The van der Waals surface area contributed by atoms with Crippen LogP contribution in [0.1, 0.15) is 33.6 Å². The summed E-state index contributed by atoms with van der Waals surface area (Å²) in [6.07, 6.45) is 5.44. The first-order valence-electron chi connectivity index (χ1n) is 11.4. The highest BCUT2D eigenvalue weighted by molar-refractivity contribution is 14.2. The molecule has 0 aliphatic carbocycles. The van der Waals surface area contributed by atoms with Crippen molar-refractivity contribution in [2.75, 3.05) is 25.1 Å². The van der Waals surface area contributed by atoms with E-state index in [4.69, 9.17) is 14.5 Å². The maximum Gasteiger partial charge on any atom is 0.410 e. The van der Waals surface area contributed by atoms with Crippen LogP contribution in [0.5, 0.6) is 5.88 Å². The molecule has 10 heteroatoms. The molecule has 2 aliphatic heterocycles. The van der Waals surface area contributed by atoms with E-state index >= 15 is 0 Å². The number of piperazine rings is 1. The number of halogens is 1. The number of pyridine rings is 2. The second kappa shape index (κ2) is 9.10. The lowest BCUT2D eigenvalue weighted by Gasteiger charge is -2.42. The van der Waals surface area contributed by atoms with Gasteiger partial charge < -0.3 is 14.4 Å². The van der Waals surface area contributed by atoms with Gasteiger partial charge in [0.05, 0.1) is 24.9 Å². The third-order valence-electron chi connectivity index (χ3n) is 6.37. The molecule has 180 valence electrons. The van der Waals surface area contributed by atoms with E-state index < -0.39 is 5.60 Å². The van der Waals surface area contributed by atoms with Crippen molar-refractivity contribution in [3.05, 3.63) is 36.7 Å². The maximum absolute atomic E-state index is 12.9. The van der Waals surface area contributed by atoms with E-state index in [1.54, 1.807) is 22.4 Å². The average Bonchev–Trinajstić information content (AvgIpc) is 3.32. The number of hydrogen-bond acceptors (Lipinski definition) is 7. The Hall–Kier alpha value is -2.21. The van der Waals surface area contributed by atoms with Gasteiger partial charge in [0, 0.05) is 78.5 Å². The number of anilines is 1. The molecule has 0 spiro atoms. The zero-order valence-electron chi connectivity index (χ0n) is 19.7. The van der Waals surface area contributed by atoms with Crippen LogP contribution >= 0.6 is 30.3 Å². The normalized spacial score (nSPS) is 20.1. The van der Waals surface area contributed by atoms with Crippen molar-refractivity contribution in [1.82, 2.24) is 18.8 Å². The minimum Gasteiger partial charge on any atom is -0.481 e. The van der Waals surface area contributed by atoms with Gasteiger partial charge in [0.25, 0.3) is 0 Å². The molecule has 34 heavy (non-hydrogen) atoms. The molecule has 2 fully saturated rings. The lowest BCUT2D eigenvalue weighted by molar-refractivity contribution is 0.0123. The lowest BCUT2D eigenvalue weighted by atomic mass is 10.1. The van der Waals surface area contributed by atoms with E-state index in [2.05, 4.69) is 47.2 Å². The number of fused-ring (bicyclic) bond motifs is 3. The average molecular weight is 593 g/mol. The van der Waals surface area contributed by atoms with Crippen molar-refractivity contribution < 1.29 is 14.3 Å². The van der Waals surface area contributed by atoms with Crippen LogP contribution in [0.15, 0.2) is 36.7 Å². The first-order chi connectivity index (χ1) is 16.3. The zero-order valence-corrected chi connectivity index (χ0v) is 22.7. The van der Waals surface area contributed by atoms with E-state index in [0.717, 1.165) is 53.9 Å². The van der Waals surface area contributed by atoms with Crippen LogP contribution in [-0.4, -0.2) is 62.8 Å². The molecule has 0 radical (unpaired) electrons. The molecule has 1 amide bonds. The zero-order chi connectivity index (χ0) is 24.0. The second-order valence-corrected chi connectivity index (χ2v) is 11.4. The number of nitrogens with zero attached hydrogens (tertiary/aromatic N) is 5. The molecule has 2 aliphatic rings. The van der Waals surface area contributed by atoms with Crippen molar-refractivity contribution in [3.8, 4) is 17.1 Å². The van der Waals surface area contributed by atoms with Crippen molar-refractivity contribution in [3.63, 3.8) is 0 Å². The van der Waals surface area contributed by atoms with Crippen molar-refractivity contribution in [2.24, 2.45) is 0 Å². The van der Waals surface area contributed by atoms with Gasteiger partial charge in [0.15, 0.2) is 5.65 Å². The summed E-state index contributed by atoms with van der Waals surface area (Å²) in [5.41, 5.74) is 3.65. The molecule has 2 atom stereocenters. The summed E-state index contributed by atoms with van der Waals surface area (Å²) < 4.78 is 13.2. The van der Waals surface area contributed by atoms with Crippen LogP contribution in [0.25, 0.3) is 22.3 Å². The summed E-state index contributed by atoms with van der Waals surface area (Å²) in [6, 6.07) is 8.52. The Bertz CT molecular complexity index is 1210. The molecular formula is C24H28IN5O3S. The fourth-order valence-corrected chi connectivity index (χ4v) is 6.64. The summed E-state index contributed by atoms with van der Waals surface area (Å²) in [5.74, 6) is 0.579. The van der Waals surface area contributed by atoms with E-state index in [-0.39, 0.29) is 18.2 Å². The van der Waals surface area contributed by atoms with Gasteiger partial charge in [-0.05, 0) is 51.8 Å². The molecule has 2 saturated heterocycles. The highest BCUT2D eigenvalue weighted by Crippen LogP contribution is 2.40. The third kappa shape index (κ3) is 4.30. The summed E-state index contributed by atoms with van der Waals surface area (Å²) in [6.45, 7) is 7.33. The molecule has 0 N–H and O–H groups in total. The molecule has 3 aromatic heterocycles. The highest BCUT2D eigenvalue weighted by atomic mass is 127. The number of amides is 1. The van der Waals surface area contributed by atoms with Gasteiger partial charge in [-0.2, -0.15) is 0 Å². The van der Waals surface area contributed by atoms with Crippen LogP contribution in [0, 0.1) is 0 Å². The van der Waals surface area contributed by atoms with Crippen LogP contribution in [-0.2, 0) is 4.74 Å². The van der Waals surface area contributed by atoms with Gasteiger partial charge in [0.1, 0.15) is 5.60 Å². The minimum absolute atomic E-state index is 0.154. The molecule has 0 aromatic carbocycles. The molecule has 2 bridgehead atoms. The van der Waals surface area contributed by atoms with Crippen molar-refractivity contribution >= 4 is 53.1 Å². The van der Waals surface area contributed by atoms with Crippen LogP contribution < -0.4 is 9.64 Å². The van der Waals surface area contributed by atoms with Gasteiger partial charge in [-0.25, -0.2) is 14.8 Å². The lowest BCUT2D eigenvalue weighted by Crippen LogP contribution is -2.56. The topological polar surface area (TPSA) is 72.7 Å². The Morgan fingerprint density at radius 3 is 2.47 bits per heavy atom. The molecule has 3 aromatic rings. The second-order valence-electron chi connectivity index (χ2n) is 9.72. The molecule has 0 saturated carbocycles. The maximum atomic E-state index is 12.9. The molecular weight excluding hydrogens is 565 g/mol. The number of ether oxygens (including phenoxy) is 2.